The third-order valence-corrected chi connectivity index (χ3v) is 6.91. The second kappa shape index (κ2) is 10.7. The van der Waals surface area contributed by atoms with E-state index >= 15 is 0 Å². The van der Waals surface area contributed by atoms with E-state index in [9.17, 15) is 18.0 Å². The highest BCUT2D eigenvalue weighted by Crippen LogP contribution is 2.24. The molecule has 0 bridgehead atoms. The molecule has 8 nitrogen and oxygen atoms in total. The minimum Gasteiger partial charge on any atom is -0.313 e. The van der Waals surface area contributed by atoms with Gasteiger partial charge in [0.2, 0.25) is 10.0 Å². The Morgan fingerprint density at radius 2 is 1.57 bits per heavy atom. The van der Waals surface area contributed by atoms with Gasteiger partial charge in [-0.05, 0) is 48.6 Å². The van der Waals surface area contributed by atoms with Gasteiger partial charge >= 0.3 is 0 Å². The molecule has 0 radical (unpaired) electrons. The van der Waals surface area contributed by atoms with Crippen LogP contribution in [0.5, 0.6) is 0 Å². The number of nitrogens with zero attached hydrogens (tertiary/aromatic N) is 2. The minimum atomic E-state index is -3.60. The van der Waals surface area contributed by atoms with Crippen LogP contribution in [0.15, 0.2) is 40.6 Å². The molecule has 30 heavy (non-hydrogen) atoms. The molecule has 0 spiro atoms. The first-order valence-electron chi connectivity index (χ1n) is 9.68. The molecule has 0 aliphatic carbocycles. The monoisotopic (exact) mass is 452 g/mol. The maximum Gasteiger partial charge on any atom is 0.268 e. The fourth-order valence-electron chi connectivity index (χ4n) is 2.80. The normalized spacial score (nSPS) is 11.7. The smallest absolute Gasteiger partial charge is 0.268 e. The molecule has 2 amide bonds. The molecule has 0 aliphatic heterocycles. The van der Waals surface area contributed by atoms with Crippen LogP contribution in [-0.2, 0) is 10.0 Å². The van der Waals surface area contributed by atoms with E-state index in [0.29, 0.717) is 29.2 Å². The van der Waals surface area contributed by atoms with Crippen molar-refractivity contribution in [3.8, 4) is 0 Å². The van der Waals surface area contributed by atoms with Crippen LogP contribution in [0.4, 0.5) is 5.00 Å². The number of amides is 2. The number of carbonyl (C=O) groups excluding carboxylic acids is 2. The fourth-order valence-corrected chi connectivity index (χ4v) is 5.21. The quantitative estimate of drug-likeness (QED) is 0.540. The molecule has 164 valence electrons. The zero-order chi connectivity index (χ0) is 22.3. The molecule has 0 aliphatic rings. The summed E-state index contributed by atoms with van der Waals surface area (Å²) in [5.74, 6) is -0.746. The number of benzene rings is 1. The summed E-state index contributed by atoms with van der Waals surface area (Å²) in [6.45, 7) is 4.77. The van der Waals surface area contributed by atoms with Gasteiger partial charge in [0, 0.05) is 32.7 Å². The van der Waals surface area contributed by atoms with E-state index in [1.165, 1.54) is 44.9 Å². The van der Waals surface area contributed by atoms with E-state index in [-0.39, 0.29) is 10.8 Å². The van der Waals surface area contributed by atoms with Crippen molar-refractivity contribution in [2.45, 2.75) is 31.6 Å². The number of hydrogen-bond acceptors (Lipinski definition) is 6. The van der Waals surface area contributed by atoms with Crippen LogP contribution in [-0.4, -0.2) is 56.7 Å². The zero-order valence-electron chi connectivity index (χ0n) is 17.6. The van der Waals surface area contributed by atoms with Crippen molar-refractivity contribution < 1.29 is 18.0 Å². The Hall–Kier alpha value is -2.27. The maximum absolute atomic E-state index is 12.8. The van der Waals surface area contributed by atoms with Crippen molar-refractivity contribution in [2.75, 3.05) is 32.5 Å². The molecule has 2 aromatic rings. The van der Waals surface area contributed by atoms with Crippen LogP contribution in [0.2, 0.25) is 0 Å². The molecule has 2 rings (SSSR count). The Kier molecular flexibility index (Phi) is 8.54. The Morgan fingerprint density at radius 1 is 0.967 bits per heavy atom. The Labute approximate surface area is 181 Å². The number of hydrogen-bond donors (Lipinski definition) is 2. The fraction of sp³-hybridized carbons (Fsp3) is 0.400. The Morgan fingerprint density at radius 3 is 2.10 bits per heavy atom. The van der Waals surface area contributed by atoms with Crippen LogP contribution in [0.1, 0.15) is 47.4 Å². The predicted molar refractivity (Wildman–Crippen MR) is 119 cm³/mol. The van der Waals surface area contributed by atoms with E-state index in [1.54, 1.807) is 25.5 Å². The van der Waals surface area contributed by atoms with Gasteiger partial charge in [-0.25, -0.2) is 13.4 Å². The largest absolute Gasteiger partial charge is 0.313 e. The van der Waals surface area contributed by atoms with E-state index in [1.807, 2.05) is 13.8 Å². The van der Waals surface area contributed by atoms with Crippen molar-refractivity contribution in [2.24, 2.45) is 0 Å². The van der Waals surface area contributed by atoms with Crippen molar-refractivity contribution in [1.29, 1.82) is 0 Å². The highest BCUT2D eigenvalue weighted by molar-refractivity contribution is 7.89. The summed E-state index contributed by atoms with van der Waals surface area (Å²) in [6, 6.07) is 7.47. The van der Waals surface area contributed by atoms with Gasteiger partial charge in [0.15, 0.2) is 0 Å². The SMILES string of the molecule is CCCN(CCC)S(=O)(=O)c1ccc(C(=O)Nc2sccc2C(=O)NN(C)C)cc1. The first-order valence-corrected chi connectivity index (χ1v) is 12.0. The average Bonchev–Trinajstić information content (AvgIpc) is 3.15. The van der Waals surface area contributed by atoms with Crippen LogP contribution >= 0.6 is 11.3 Å². The molecule has 1 heterocycles. The average molecular weight is 453 g/mol. The molecular formula is C20H28N4O4S2. The highest BCUT2D eigenvalue weighted by atomic mass is 32.2. The molecular weight excluding hydrogens is 424 g/mol. The second-order valence-corrected chi connectivity index (χ2v) is 9.74. The summed E-state index contributed by atoms with van der Waals surface area (Å²) in [5.41, 5.74) is 3.29. The van der Waals surface area contributed by atoms with E-state index < -0.39 is 15.9 Å². The van der Waals surface area contributed by atoms with E-state index in [2.05, 4.69) is 10.7 Å². The molecule has 0 saturated heterocycles. The molecule has 0 saturated carbocycles. The summed E-state index contributed by atoms with van der Waals surface area (Å²) < 4.78 is 27.1. The number of nitrogens with one attached hydrogen (secondary N) is 2. The molecule has 0 atom stereocenters. The summed E-state index contributed by atoms with van der Waals surface area (Å²) in [4.78, 5) is 25.0. The first-order chi connectivity index (χ1) is 14.2. The van der Waals surface area contributed by atoms with Crippen LogP contribution in [0.3, 0.4) is 0 Å². The predicted octanol–water partition coefficient (Wildman–Crippen LogP) is 3.02. The molecule has 10 heteroatoms. The van der Waals surface area contributed by atoms with Crippen LogP contribution < -0.4 is 10.7 Å². The molecule has 0 fully saturated rings. The number of sulfonamides is 1. The molecule has 0 unspecified atom stereocenters. The van der Waals surface area contributed by atoms with Gasteiger partial charge in [-0.3, -0.25) is 15.0 Å². The van der Waals surface area contributed by atoms with Crippen LogP contribution in [0, 0.1) is 0 Å². The lowest BCUT2D eigenvalue weighted by atomic mass is 10.2. The molecule has 1 aromatic carbocycles. The van der Waals surface area contributed by atoms with Crippen molar-refractivity contribution in [1.82, 2.24) is 14.7 Å². The number of hydrazine groups is 1. The topological polar surface area (TPSA) is 98.8 Å². The van der Waals surface area contributed by atoms with Crippen LogP contribution in [0.25, 0.3) is 0 Å². The molecule has 1 aromatic heterocycles. The van der Waals surface area contributed by atoms with Gasteiger partial charge in [0.05, 0.1) is 10.5 Å². The van der Waals surface area contributed by atoms with E-state index in [0.717, 1.165) is 12.8 Å². The third kappa shape index (κ3) is 5.88. The summed E-state index contributed by atoms with van der Waals surface area (Å²) in [5, 5.41) is 6.38. The van der Waals surface area contributed by atoms with Crippen molar-refractivity contribution in [3.63, 3.8) is 0 Å². The summed E-state index contributed by atoms with van der Waals surface area (Å²) in [6.07, 6.45) is 1.45. The zero-order valence-corrected chi connectivity index (χ0v) is 19.3. The third-order valence-electron chi connectivity index (χ3n) is 4.16. The van der Waals surface area contributed by atoms with Gasteiger partial charge in [-0.1, -0.05) is 13.8 Å². The number of carbonyl (C=O) groups is 2. The van der Waals surface area contributed by atoms with Gasteiger partial charge in [-0.15, -0.1) is 11.3 Å². The lowest BCUT2D eigenvalue weighted by molar-refractivity contribution is 0.0858. The van der Waals surface area contributed by atoms with Gasteiger partial charge in [0.1, 0.15) is 5.00 Å². The number of rotatable bonds is 10. The maximum atomic E-state index is 12.8. The van der Waals surface area contributed by atoms with E-state index in [4.69, 9.17) is 0 Å². The lowest BCUT2D eigenvalue weighted by Gasteiger charge is -2.21. The van der Waals surface area contributed by atoms with Crippen molar-refractivity contribution in [3.05, 3.63) is 46.8 Å². The Bertz CT molecular complexity index is 963. The lowest BCUT2D eigenvalue weighted by Crippen LogP contribution is -2.36. The molecule has 2 N–H and O–H groups in total. The van der Waals surface area contributed by atoms with Gasteiger partial charge in [-0.2, -0.15) is 4.31 Å². The van der Waals surface area contributed by atoms with Crippen molar-refractivity contribution >= 4 is 38.2 Å². The van der Waals surface area contributed by atoms with Gasteiger partial charge < -0.3 is 5.32 Å². The summed E-state index contributed by atoms with van der Waals surface area (Å²) >= 11 is 1.24. The standard InChI is InChI=1S/C20H28N4O4S2/c1-5-12-24(13-6-2)30(27,28)16-9-7-15(8-10-16)18(25)21-20-17(11-14-29-20)19(26)22-23(3)4/h7-11,14H,5-6,12-13H2,1-4H3,(H,21,25)(H,22,26). The first kappa shape index (κ1) is 24.0. The minimum absolute atomic E-state index is 0.156. The second-order valence-electron chi connectivity index (χ2n) is 6.88. The number of anilines is 1. The summed E-state index contributed by atoms with van der Waals surface area (Å²) in [7, 11) is -0.212. The van der Waals surface area contributed by atoms with Gasteiger partial charge in [0.25, 0.3) is 11.8 Å². The number of thiophene rings is 1. The highest BCUT2D eigenvalue weighted by Gasteiger charge is 2.23. The Balaban J connectivity index is 2.17.